The molecule has 41 heavy (non-hydrogen) atoms. The number of nitrogens with two attached hydrogens (primary N) is 1. The molecular weight excluding hydrogens is 615 g/mol. The van der Waals surface area contributed by atoms with Crippen molar-refractivity contribution in [3.63, 3.8) is 0 Å². The molecule has 2 heterocycles. The maximum absolute atomic E-state index is 14.6. The van der Waals surface area contributed by atoms with Crippen molar-refractivity contribution in [2.45, 2.75) is 96.3 Å². The molecule has 1 aromatic heterocycles. The van der Waals surface area contributed by atoms with E-state index in [4.69, 9.17) is 47.9 Å². The lowest BCUT2D eigenvalue weighted by atomic mass is 9.96. The number of nitrogens with one attached hydrogen (secondary N) is 2. The molecule has 1 saturated heterocycles. The molecule has 1 aromatic rings. The number of esters is 2. The van der Waals surface area contributed by atoms with Crippen LogP contribution in [0.15, 0.2) is 11.0 Å². The number of rotatable bonds is 13. The van der Waals surface area contributed by atoms with Crippen molar-refractivity contribution < 1.29 is 47.3 Å². The van der Waals surface area contributed by atoms with Crippen LogP contribution in [0.3, 0.4) is 0 Å². The number of alkyl halides is 2. The molecule has 0 radical (unpaired) electrons. The molecular formula is C22H35ClF2N5O9PS. The molecule has 1 aliphatic heterocycles. The van der Waals surface area contributed by atoms with Crippen LogP contribution in [0.4, 0.5) is 14.6 Å². The number of carbonyl (C=O) groups excluding carboxylic acids is 2. The highest BCUT2D eigenvalue weighted by Gasteiger charge is 2.61. The molecule has 0 saturated carbocycles. The van der Waals surface area contributed by atoms with Crippen molar-refractivity contribution in [2.24, 2.45) is 0 Å². The third-order valence-corrected chi connectivity index (χ3v) is 8.83. The Morgan fingerprint density at radius 2 is 1.66 bits per heavy atom. The fourth-order valence-corrected chi connectivity index (χ4v) is 6.71. The average Bonchev–Trinajstić information content (AvgIpc) is 3.10. The lowest BCUT2D eigenvalue weighted by Crippen LogP contribution is -2.53. The van der Waals surface area contributed by atoms with Gasteiger partial charge < -0.3 is 34.7 Å². The van der Waals surface area contributed by atoms with Crippen LogP contribution in [0, 0.1) is 0 Å². The molecule has 6 atom stereocenters. The van der Waals surface area contributed by atoms with Gasteiger partial charge in [0.25, 0.3) is 6.43 Å². The van der Waals surface area contributed by atoms with Crippen LogP contribution in [0.5, 0.6) is 0 Å². The van der Waals surface area contributed by atoms with Gasteiger partial charge in [-0.05, 0) is 53.3 Å². The molecule has 0 bridgehead atoms. The SMILES string of the molecule is CC(C)OC(=O)[C@H](C)NP(=S)(N[C@@H](C)C(=O)OC(C)C)OC[C@@]1(C(F)F)O[C@@H](n2cc(Cl)c(N)nc2=O)[C@@H](O)[C@@H]1O. The summed E-state index contributed by atoms with van der Waals surface area (Å²) in [4.78, 5) is 40.7. The highest BCUT2D eigenvalue weighted by atomic mass is 35.5. The van der Waals surface area contributed by atoms with Crippen molar-refractivity contribution >= 4 is 47.7 Å². The summed E-state index contributed by atoms with van der Waals surface area (Å²) in [7, 11) is 0. The summed E-state index contributed by atoms with van der Waals surface area (Å²) in [5.41, 5.74) is 1.45. The van der Waals surface area contributed by atoms with E-state index in [1.165, 1.54) is 13.8 Å². The lowest BCUT2D eigenvalue weighted by molar-refractivity contribution is -0.191. The van der Waals surface area contributed by atoms with E-state index in [-0.39, 0.29) is 10.8 Å². The number of aliphatic hydroxyl groups is 2. The van der Waals surface area contributed by atoms with E-state index >= 15 is 0 Å². The zero-order valence-electron chi connectivity index (χ0n) is 23.1. The first kappa shape index (κ1) is 35.4. The predicted molar refractivity (Wildman–Crippen MR) is 147 cm³/mol. The van der Waals surface area contributed by atoms with Gasteiger partial charge in [-0.1, -0.05) is 11.6 Å². The summed E-state index contributed by atoms with van der Waals surface area (Å²) < 4.78 is 51.0. The number of carbonyl (C=O) groups is 2. The third-order valence-electron chi connectivity index (χ3n) is 5.64. The minimum atomic E-state index is -3.82. The number of aromatic nitrogens is 2. The van der Waals surface area contributed by atoms with Gasteiger partial charge in [0.05, 0.1) is 23.8 Å². The molecule has 234 valence electrons. The van der Waals surface area contributed by atoms with Gasteiger partial charge >= 0.3 is 17.6 Å². The van der Waals surface area contributed by atoms with Gasteiger partial charge in [-0.3, -0.25) is 14.2 Å². The van der Waals surface area contributed by atoms with E-state index < -0.39 is 85.6 Å². The average molecular weight is 650 g/mol. The number of hydrogen-bond donors (Lipinski definition) is 5. The van der Waals surface area contributed by atoms with Gasteiger partial charge in [-0.2, -0.15) is 4.98 Å². The second-order valence-corrected chi connectivity index (χ2v) is 13.7. The van der Waals surface area contributed by atoms with Crippen LogP contribution in [0.1, 0.15) is 47.8 Å². The van der Waals surface area contributed by atoms with Gasteiger partial charge in [-0.15, -0.1) is 0 Å². The lowest BCUT2D eigenvalue weighted by Gasteiger charge is -2.35. The molecule has 0 amide bonds. The molecule has 14 nitrogen and oxygen atoms in total. The maximum Gasteiger partial charge on any atom is 0.351 e. The third kappa shape index (κ3) is 8.61. The van der Waals surface area contributed by atoms with Gasteiger partial charge in [0.15, 0.2) is 18.4 Å². The molecule has 1 aliphatic rings. The van der Waals surface area contributed by atoms with Crippen LogP contribution in [0.2, 0.25) is 5.02 Å². The number of ether oxygens (including phenoxy) is 3. The Kier molecular flexibility index (Phi) is 12.2. The molecule has 2 rings (SSSR count). The minimum absolute atomic E-state index is 0.242. The second-order valence-electron chi connectivity index (χ2n) is 9.86. The summed E-state index contributed by atoms with van der Waals surface area (Å²) in [6.07, 6.45) is -9.83. The minimum Gasteiger partial charge on any atom is -0.462 e. The van der Waals surface area contributed by atoms with E-state index in [9.17, 15) is 33.4 Å². The first-order chi connectivity index (χ1) is 18.8. The van der Waals surface area contributed by atoms with Crippen LogP contribution < -0.4 is 21.6 Å². The van der Waals surface area contributed by atoms with Crippen LogP contribution in [-0.4, -0.2) is 86.8 Å². The Balaban J connectivity index is 2.41. The number of hydrogen-bond acceptors (Lipinski definition) is 12. The molecule has 0 spiro atoms. The van der Waals surface area contributed by atoms with Crippen LogP contribution in [0.25, 0.3) is 0 Å². The van der Waals surface area contributed by atoms with Gasteiger partial charge in [-0.25, -0.2) is 23.7 Å². The normalized spacial score (nSPS) is 24.6. The van der Waals surface area contributed by atoms with Crippen LogP contribution >= 0.6 is 18.2 Å². The Bertz CT molecular complexity index is 1180. The maximum atomic E-state index is 14.6. The summed E-state index contributed by atoms with van der Waals surface area (Å²) in [6, 6.07) is -2.28. The standard InChI is InChI=1S/C22H35ClF2N5O9PS/c1-9(2)37-18(33)11(5)28-40(41,29-12(6)19(34)38-10(3)4)36-8-22(20(24)25)15(32)14(31)17(39-22)30-7-13(23)16(26)27-21(30)35/h7,9-12,14-15,17,20,31-32H,8H2,1-6H3,(H2,26,27,35)(H2,28,29,41)/t11-,12-,14-,15-,17+,22+/m0/s1. The van der Waals surface area contributed by atoms with Crippen LogP contribution in [-0.2, 0) is 40.1 Å². The van der Waals surface area contributed by atoms with Crippen molar-refractivity contribution in [1.29, 1.82) is 0 Å². The quantitative estimate of drug-likeness (QED) is 0.149. The number of nitrogens with zero attached hydrogens (tertiary/aromatic N) is 2. The first-order valence-electron chi connectivity index (χ1n) is 12.4. The van der Waals surface area contributed by atoms with Crippen molar-refractivity contribution in [1.82, 2.24) is 19.7 Å². The van der Waals surface area contributed by atoms with Gasteiger partial charge in [0.1, 0.15) is 30.1 Å². The van der Waals surface area contributed by atoms with Crippen molar-refractivity contribution in [3.05, 3.63) is 21.7 Å². The largest absolute Gasteiger partial charge is 0.462 e. The fourth-order valence-electron chi connectivity index (χ4n) is 3.62. The topological polar surface area (TPSA) is 196 Å². The van der Waals surface area contributed by atoms with Crippen molar-refractivity contribution in [3.8, 4) is 0 Å². The Morgan fingerprint density at radius 3 is 2.10 bits per heavy atom. The first-order valence-corrected chi connectivity index (χ1v) is 15.5. The molecule has 19 heteroatoms. The Labute approximate surface area is 245 Å². The summed E-state index contributed by atoms with van der Waals surface area (Å²) in [5, 5.41) is 26.5. The molecule has 1 fully saturated rings. The molecule has 6 N–H and O–H groups in total. The Hall–Kier alpha value is -1.82. The zero-order chi connectivity index (χ0) is 31.4. The summed E-state index contributed by atoms with van der Waals surface area (Å²) >= 11 is 11.4. The Morgan fingerprint density at radius 1 is 1.17 bits per heavy atom. The summed E-state index contributed by atoms with van der Waals surface area (Å²) in [6.45, 7) is 4.22. The van der Waals surface area contributed by atoms with E-state index in [1.54, 1.807) is 27.7 Å². The van der Waals surface area contributed by atoms with Gasteiger partial charge in [0.2, 0.25) is 0 Å². The number of halogens is 3. The monoisotopic (exact) mass is 649 g/mol. The van der Waals surface area contributed by atoms with Crippen molar-refractivity contribution in [2.75, 3.05) is 12.3 Å². The predicted octanol–water partition coefficient (Wildman–Crippen LogP) is 0.834. The second kappa shape index (κ2) is 14.1. The molecule has 0 unspecified atom stereocenters. The fraction of sp³-hybridized carbons (Fsp3) is 0.727. The smallest absolute Gasteiger partial charge is 0.351 e. The number of nitrogen functional groups attached to an aromatic ring is 1. The van der Waals surface area contributed by atoms with E-state index in [0.717, 1.165) is 6.20 Å². The molecule has 0 aliphatic carbocycles. The molecule has 0 aromatic carbocycles. The zero-order valence-corrected chi connectivity index (χ0v) is 25.6. The highest BCUT2D eigenvalue weighted by Crippen LogP contribution is 2.46. The van der Waals surface area contributed by atoms with Gasteiger partial charge in [0, 0.05) is 6.20 Å². The van der Waals surface area contributed by atoms with E-state index in [0.29, 0.717) is 4.57 Å². The summed E-state index contributed by atoms with van der Waals surface area (Å²) in [5.74, 6) is -1.85. The highest BCUT2D eigenvalue weighted by molar-refractivity contribution is 8.10. The van der Waals surface area contributed by atoms with E-state index in [2.05, 4.69) is 15.2 Å². The number of aliphatic hydroxyl groups excluding tert-OH is 2. The van der Waals surface area contributed by atoms with E-state index in [1.807, 2.05) is 0 Å². The number of anilines is 1.